The average molecular weight is 345 g/mol. The number of amides is 1. The summed E-state index contributed by atoms with van der Waals surface area (Å²) in [4.78, 5) is 20.3. The Balaban J connectivity index is 0.00000208. The van der Waals surface area contributed by atoms with Crippen molar-refractivity contribution in [3.05, 3.63) is 42.9 Å². The molecule has 3 rings (SSSR count). The highest BCUT2D eigenvalue weighted by molar-refractivity contribution is 7.59. The molecule has 1 aromatic carbocycles. The van der Waals surface area contributed by atoms with Crippen molar-refractivity contribution in [2.45, 2.75) is 20.0 Å². The van der Waals surface area contributed by atoms with E-state index in [2.05, 4.69) is 15.3 Å². The van der Waals surface area contributed by atoms with Gasteiger partial charge in [-0.3, -0.25) is 9.72 Å². The minimum Gasteiger partial charge on any atom is -0.447 e. The maximum absolute atomic E-state index is 11.6. The summed E-state index contributed by atoms with van der Waals surface area (Å²) in [6.07, 6.45) is 4.39. The first-order chi connectivity index (χ1) is 11.0. The zero-order valence-electron chi connectivity index (χ0n) is 13.4. The van der Waals surface area contributed by atoms with Crippen molar-refractivity contribution in [2.75, 3.05) is 11.1 Å². The first-order valence-electron chi connectivity index (χ1n) is 7.19. The van der Waals surface area contributed by atoms with Crippen LogP contribution in [0.15, 0.2) is 42.9 Å². The summed E-state index contributed by atoms with van der Waals surface area (Å²) in [5.41, 5.74) is 8.66. The Morgan fingerprint density at radius 1 is 1.33 bits per heavy atom. The molecule has 0 unspecified atom stereocenters. The van der Waals surface area contributed by atoms with Gasteiger partial charge >= 0.3 is 6.09 Å². The van der Waals surface area contributed by atoms with Crippen molar-refractivity contribution in [1.82, 2.24) is 14.4 Å². The highest BCUT2D eigenvalue weighted by Crippen LogP contribution is 2.21. The number of rotatable bonds is 3. The molecule has 0 aliphatic carbocycles. The fourth-order valence-corrected chi connectivity index (χ4v) is 2.15. The van der Waals surface area contributed by atoms with Crippen LogP contribution in [0.5, 0.6) is 0 Å². The third-order valence-corrected chi connectivity index (χ3v) is 3.08. The van der Waals surface area contributed by atoms with Crippen molar-refractivity contribution in [1.29, 1.82) is 0 Å². The van der Waals surface area contributed by atoms with Crippen LogP contribution in [0.25, 0.3) is 17.0 Å². The Hall–Kier alpha value is -2.74. The number of nitrogens with one attached hydrogen (secondary N) is 1. The standard InChI is InChI=1S/C16H17N5O2.H2S/c1-10(2)23-16(22)19-13-7-18-15-20-14(9-21(15)8-13)11-4-3-5-12(17)6-11;/h3-10H,17H2,1-2H3,(H,19,22);1H2. The lowest BCUT2D eigenvalue weighted by Gasteiger charge is -2.09. The summed E-state index contributed by atoms with van der Waals surface area (Å²) in [5.74, 6) is 0.533. The molecule has 0 fully saturated rings. The second kappa shape index (κ2) is 7.22. The molecule has 0 radical (unpaired) electrons. The van der Waals surface area contributed by atoms with E-state index in [1.165, 1.54) is 6.20 Å². The molecular weight excluding hydrogens is 326 g/mol. The van der Waals surface area contributed by atoms with Crippen molar-refractivity contribution in [2.24, 2.45) is 0 Å². The summed E-state index contributed by atoms with van der Waals surface area (Å²) in [7, 11) is 0. The molecule has 0 bridgehead atoms. The Morgan fingerprint density at radius 2 is 2.12 bits per heavy atom. The van der Waals surface area contributed by atoms with Crippen LogP contribution in [0.1, 0.15) is 13.8 Å². The van der Waals surface area contributed by atoms with Crippen molar-refractivity contribution in [3.8, 4) is 11.3 Å². The average Bonchev–Trinajstić information content (AvgIpc) is 2.89. The fourth-order valence-electron chi connectivity index (χ4n) is 2.15. The van der Waals surface area contributed by atoms with E-state index in [0.29, 0.717) is 17.2 Å². The molecule has 1 amide bonds. The number of imidazole rings is 1. The second-order valence-electron chi connectivity index (χ2n) is 5.38. The number of hydrogen-bond donors (Lipinski definition) is 2. The van der Waals surface area contributed by atoms with Crippen LogP contribution in [0.2, 0.25) is 0 Å². The molecule has 0 aliphatic heterocycles. The Bertz CT molecular complexity index is 863. The first-order valence-corrected chi connectivity index (χ1v) is 7.19. The van der Waals surface area contributed by atoms with Gasteiger partial charge in [0.2, 0.25) is 5.78 Å². The minimum absolute atomic E-state index is 0. The van der Waals surface area contributed by atoms with E-state index in [1.54, 1.807) is 24.4 Å². The number of benzene rings is 1. The predicted octanol–water partition coefficient (Wildman–Crippen LogP) is 3.05. The summed E-state index contributed by atoms with van der Waals surface area (Å²) < 4.78 is 6.78. The summed E-state index contributed by atoms with van der Waals surface area (Å²) in [6.45, 7) is 3.57. The lowest BCUT2D eigenvalue weighted by Crippen LogP contribution is -2.18. The molecule has 3 N–H and O–H groups in total. The van der Waals surface area contributed by atoms with Gasteiger partial charge in [0.05, 0.1) is 23.7 Å². The van der Waals surface area contributed by atoms with Gasteiger partial charge in [-0.1, -0.05) is 12.1 Å². The maximum atomic E-state index is 11.6. The molecule has 8 heteroatoms. The summed E-state index contributed by atoms with van der Waals surface area (Å²) in [5, 5.41) is 2.63. The van der Waals surface area contributed by atoms with E-state index in [1.807, 2.05) is 30.5 Å². The Morgan fingerprint density at radius 3 is 2.83 bits per heavy atom. The molecule has 3 aromatic rings. The molecule has 2 heterocycles. The molecule has 0 aliphatic rings. The Kier molecular flexibility index (Phi) is 5.30. The zero-order chi connectivity index (χ0) is 16.4. The van der Waals surface area contributed by atoms with Crippen LogP contribution >= 0.6 is 13.5 Å². The highest BCUT2D eigenvalue weighted by Gasteiger charge is 2.09. The number of ether oxygens (including phenoxy) is 1. The van der Waals surface area contributed by atoms with Crippen LogP contribution in [0.3, 0.4) is 0 Å². The van der Waals surface area contributed by atoms with Crippen LogP contribution in [-0.2, 0) is 4.74 Å². The lowest BCUT2D eigenvalue weighted by molar-refractivity contribution is 0.130. The third-order valence-electron chi connectivity index (χ3n) is 3.08. The van der Waals surface area contributed by atoms with E-state index in [-0.39, 0.29) is 19.6 Å². The van der Waals surface area contributed by atoms with Gasteiger partial charge in [-0.15, -0.1) is 0 Å². The SMILES string of the molecule is CC(C)OC(=O)Nc1cnc2nc(-c3cccc(N)c3)cn2c1.S. The first kappa shape index (κ1) is 17.6. The van der Waals surface area contributed by atoms with E-state index >= 15 is 0 Å². The van der Waals surface area contributed by atoms with Gasteiger partial charge < -0.3 is 10.5 Å². The monoisotopic (exact) mass is 345 g/mol. The number of anilines is 2. The molecule has 0 atom stereocenters. The van der Waals surface area contributed by atoms with Gasteiger partial charge in [-0.2, -0.15) is 13.5 Å². The third kappa shape index (κ3) is 3.96. The number of nitrogens with zero attached hydrogens (tertiary/aromatic N) is 3. The van der Waals surface area contributed by atoms with Gasteiger partial charge in [0.25, 0.3) is 0 Å². The lowest BCUT2D eigenvalue weighted by atomic mass is 10.1. The number of aromatic nitrogens is 3. The van der Waals surface area contributed by atoms with Gasteiger partial charge in [-0.25, -0.2) is 14.8 Å². The molecule has 0 saturated heterocycles. The van der Waals surface area contributed by atoms with Crippen LogP contribution < -0.4 is 11.1 Å². The van der Waals surface area contributed by atoms with Crippen LogP contribution in [0, 0.1) is 0 Å². The summed E-state index contributed by atoms with van der Waals surface area (Å²) in [6, 6.07) is 7.47. The molecule has 126 valence electrons. The van der Waals surface area contributed by atoms with Gasteiger partial charge in [-0.05, 0) is 26.0 Å². The van der Waals surface area contributed by atoms with Crippen LogP contribution in [-0.4, -0.2) is 26.6 Å². The molecule has 0 spiro atoms. The molecule has 7 nitrogen and oxygen atoms in total. The number of fused-ring (bicyclic) bond motifs is 1. The molecular formula is C16H19N5O2S. The van der Waals surface area contributed by atoms with E-state index in [0.717, 1.165) is 11.3 Å². The smallest absolute Gasteiger partial charge is 0.411 e. The van der Waals surface area contributed by atoms with Crippen molar-refractivity contribution >= 4 is 36.7 Å². The fraction of sp³-hybridized carbons (Fsp3) is 0.188. The van der Waals surface area contributed by atoms with Crippen molar-refractivity contribution in [3.63, 3.8) is 0 Å². The quantitative estimate of drug-likeness (QED) is 0.712. The minimum atomic E-state index is -0.516. The largest absolute Gasteiger partial charge is 0.447 e. The second-order valence-corrected chi connectivity index (χ2v) is 5.38. The van der Waals surface area contributed by atoms with Gasteiger partial charge in [0.15, 0.2) is 0 Å². The van der Waals surface area contributed by atoms with E-state index < -0.39 is 6.09 Å². The summed E-state index contributed by atoms with van der Waals surface area (Å²) >= 11 is 0. The molecule has 2 aromatic heterocycles. The van der Waals surface area contributed by atoms with Crippen molar-refractivity contribution < 1.29 is 9.53 Å². The van der Waals surface area contributed by atoms with Gasteiger partial charge in [0.1, 0.15) is 0 Å². The van der Waals surface area contributed by atoms with E-state index in [9.17, 15) is 4.79 Å². The number of nitrogens with two attached hydrogens (primary N) is 1. The number of hydrogen-bond acceptors (Lipinski definition) is 5. The molecule has 24 heavy (non-hydrogen) atoms. The number of carbonyl (C=O) groups is 1. The highest BCUT2D eigenvalue weighted by atomic mass is 32.1. The predicted molar refractivity (Wildman–Crippen MR) is 98.5 cm³/mol. The maximum Gasteiger partial charge on any atom is 0.411 e. The van der Waals surface area contributed by atoms with E-state index in [4.69, 9.17) is 10.5 Å². The molecule has 0 saturated carbocycles. The van der Waals surface area contributed by atoms with Crippen LogP contribution in [0.4, 0.5) is 16.2 Å². The Labute approximate surface area is 146 Å². The number of carbonyl (C=O) groups excluding carboxylic acids is 1. The number of nitrogen functional groups attached to an aromatic ring is 1. The normalized spacial score (nSPS) is 10.5. The zero-order valence-corrected chi connectivity index (χ0v) is 14.4. The topological polar surface area (TPSA) is 94.5 Å². The van der Waals surface area contributed by atoms with Gasteiger partial charge in [0, 0.05) is 23.6 Å².